The minimum atomic E-state index is 0.546. The van der Waals surface area contributed by atoms with Crippen molar-refractivity contribution in [3.8, 4) is 0 Å². The first-order valence-corrected chi connectivity index (χ1v) is 6.69. The summed E-state index contributed by atoms with van der Waals surface area (Å²) >= 11 is 0. The van der Waals surface area contributed by atoms with Crippen LogP contribution in [0, 0.1) is 0 Å². The molecule has 0 aliphatic carbocycles. The zero-order valence-corrected chi connectivity index (χ0v) is 11.6. The first-order valence-electron chi connectivity index (χ1n) is 6.69. The molecule has 5 heteroatoms. The molecular formula is C13H23N5. The standard InChI is InChI=1S/C13H23N5/c1-4-7-17(2)12-8-13(16-10-15-12)18(3)11-5-6-14-9-11/h8,10-11,14H,4-7,9H2,1-3H3. The number of nitrogens with one attached hydrogen (secondary N) is 1. The summed E-state index contributed by atoms with van der Waals surface area (Å²) in [6, 6.07) is 2.62. The highest BCUT2D eigenvalue weighted by molar-refractivity contribution is 5.50. The van der Waals surface area contributed by atoms with Crippen LogP contribution >= 0.6 is 0 Å². The topological polar surface area (TPSA) is 44.3 Å². The van der Waals surface area contributed by atoms with Gasteiger partial charge < -0.3 is 15.1 Å². The first-order chi connectivity index (χ1) is 8.72. The van der Waals surface area contributed by atoms with Crippen LogP contribution in [0.1, 0.15) is 19.8 Å². The van der Waals surface area contributed by atoms with Crippen molar-refractivity contribution in [2.45, 2.75) is 25.8 Å². The maximum Gasteiger partial charge on any atom is 0.134 e. The molecule has 5 nitrogen and oxygen atoms in total. The van der Waals surface area contributed by atoms with Gasteiger partial charge in [-0.15, -0.1) is 0 Å². The molecule has 0 spiro atoms. The van der Waals surface area contributed by atoms with Crippen molar-refractivity contribution >= 4 is 11.6 Å². The molecule has 1 aliphatic heterocycles. The molecule has 0 amide bonds. The third-order valence-corrected chi connectivity index (χ3v) is 3.53. The predicted octanol–water partition coefficient (Wildman–Crippen LogP) is 1.12. The Kier molecular flexibility index (Phi) is 4.36. The fourth-order valence-corrected chi connectivity index (χ4v) is 2.35. The minimum Gasteiger partial charge on any atom is -0.360 e. The molecule has 1 fully saturated rings. The van der Waals surface area contributed by atoms with Crippen LogP contribution in [-0.2, 0) is 0 Å². The number of anilines is 2. The van der Waals surface area contributed by atoms with Gasteiger partial charge in [0.15, 0.2) is 0 Å². The lowest BCUT2D eigenvalue weighted by Crippen LogP contribution is -2.34. The Morgan fingerprint density at radius 1 is 1.33 bits per heavy atom. The van der Waals surface area contributed by atoms with Gasteiger partial charge in [0.2, 0.25) is 0 Å². The average molecular weight is 249 g/mol. The number of hydrogen-bond acceptors (Lipinski definition) is 5. The van der Waals surface area contributed by atoms with Gasteiger partial charge >= 0.3 is 0 Å². The normalized spacial score (nSPS) is 18.9. The van der Waals surface area contributed by atoms with E-state index in [4.69, 9.17) is 0 Å². The van der Waals surface area contributed by atoms with Gasteiger partial charge in [-0.2, -0.15) is 0 Å². The summed E-state index contributed by atoms with van der Waals surface area (Å²) in [5.74, 6) is 2.01. The molecule has 1 saturated heterocycles. The van der Waals surface area contributed by atoms with Crippen LogP contribution in [0.25, 0.3) is 0 Å². The maximum atomic E-state index is 4.39. The van der Waals surface area contributed by atoms with Crippen LogP contribution in [0.2, 0.25) is 0 Å². The van der Waals surface area contributed by atoms with Gasteiger partial charge in [0.1, 0.15) is 18.0 Å². The lowest BCUT2D eigenvalue weighted by Gasteiger charge is -2.26. The molecule has 18 heavy (non-hydrogen) atoms. The maximum absolute atomic E-state index is 4.39. The van der Waals surface area contributed by atoms with Crippen molar-refractivity contribution in [3.05, 3.63) is 12.4 Å². The molecule has 1 aliphatic rings. The number of likely N-dealkylation sites (N-methyl/N-ethyl adjacent to an activating group) is 1. The van der Waals surface area contributed by atoms with Crippen molar-refractivity contribution < 1.29 is 0 Å². The van der Waals surface area contributed by atoms with E-state index in [1.54, 1.807) is 6.33 Å². The molecule has 1 unspecified atom stereocenters. The highest BCUT2D eigenvalue weighted by atomic mass is 15.2. The van der Waals surface area contributed by atoms with E-state index in [9.17, 15) is 0 Å². The summed E-state index contributed by atoms with van der Waals surface area (Å²) in [4.78, 5) is 13.2. The second-order valence-corrected chi connectivity index (χ2v) is 4.91. The Hall–Kier alpha value is -1.36. The van der Waals surface area contributed by atoms with E-state index in [1.165, 1.54) is 6.42 Å². The summed E-state index contributed by atoms with van der Waals surface area (Å²) in [5.41, 5.74) is 0. The van der Waals surface area contributed by atoms with Gasteiger partial charge in [-0.05, 0) is 19.4 Å². The Labute approximate surface area is 109 Å². The summed E-state index contributed by atoms with van der Waals surface area (Å²) in [6.07, 6.45) is 3.97. The average Bonchev–Trinajstić information content (AvgIpc) is 2.92. The summed E-state index contributed by atoms with van der Waals surface area (Å²) in [6.45, 7) is 5.34. The van der Waals surface area contributed by atoms with E-state index >= 15 is 0 Å². The Balaban J connectivity index is 2.10. The van der Waals surface area contributed by atoms with E-state index in [0.717, 1.165) is 37.7 Å². The SMILES string of the molecule is CCCN(C)c1cc(N(C)C2CCNC2)ncn1. The van der Waals surface area contributed by atoms with E-state index < -0.39 is 0 Å². The van der Waals surface area contributed by atoms with Crippen LogP contribution < -0.4 is 15.1 Å². The highest BCUT2D eigenvalue weighted by Gasteiger charge is 2.20. The third kappa shape index (κ3) is 2.90. The molecular weight excluding hydrogens is 226 g/mol. The van der Waals surface area contributed by atoms with E-state index in [0.29, 0.717) is 6.04 Å². The van der Waals surface area contributed by atoms with E-state index in [2.05, 4.69) is 52.2 Å². The van der Waals surface area contributed by atoms with Crippen LogP contribution in [0.15, 0.2) is 12.4 Å². The fourth-order valence-electron chi connectivity index (χ4n) is 2.35. The zero-order valence-electron chi connectivity index (χ0n) is 11.6. The van der Waals surface area contributed by atoms with Crippen molar-refractivity contribution in [1.29, 1.82) is 0 Å². The van der Waals surface area contributed by atoms with Crippen LogP contribution in [0.5, 0.6) is 0 Å². The third-order valence-electron chi connectivity index (χ3n) is 3.53. The van der Waals surface area contributed by atoms with Gasteiger partial charge in [-0.1, -0.05) is 6.92 Å². The molecule has 2 heterocycles. The smallest absolute Gasteiger partial charge is 0.134 e. The molecule has 2 rings (SSSR count). The van der Waals surface area contributed by atoms with Crippen LogP contribution in [0.4, 0.5) is 11.6 Å². The first kappa shape index (κ1) is 13.1. The molecule has 0 saturated carbocycles. The lowest BCUT2D eigenvalue weighted by atomic mass is 10.2. The molecule has 1 N–H and O–H groups in total. The Morgan fingerprint density at radius 2 is 2.11 bits per heavy atom. The molecule has 0 bridgehead atoms. The van der Waals surface area contributed by atoms with Gasteiger partial charge in [0.25, 0.3) is 0 Å². The molecule has 1 atom stereocenters. The molecule has 1 aromatic rings. The number of aromatic nitrogens is 2. The molecule has 100 valence electrons. The largest absolute Gasteiger partial charge is 0.360 e. The summed E-state index contributed by atoms with van der Waals surface area (Å²) < 4.78 is 0. The second-order valence-electron chi connectivity index (χ2n) is 4.91. The molecule has 1 aromatic heterocycles. The van der Waals surface area contributed by atoms with Crippen molar-refractivity contribution in [2.75, 3.05) is 43.5 Å². The van der Waals surface area contributed by atoms with Crippen molar-refractivity contribution in [3.63, 3.8) is 0 Å². The Morgan fingerprint density at radius 3 is 2.78 bits per heavy atom. The summed E-state index contributed by atoms with van der Waals surface area (Å²) in [5, 5.41) is 3.39. The quantitative estimate of drug-likeness (QED) is 0.847. The summed E-state index contributed by atoms with van der Waals surface area (Å²) in [7, 11) is 4.19. The monoisotopic (exact) mass is 249 g/mol. The van der Waals surface area contributed by atoms with Gasteiger partial charge in [0.05, 0.1) is 0 Å². The van der Waals surface area contributed by atoms with E-state index in [-0.39, 0.29) is 0 Å². The van der Waals surface area contributed by atoms with Gasteiger partial charge in [-0.3, -0.25) is 0 Å². The number of hydrogen-bond donors (Lipinski definition) is 1. The molecule has 0 radical (unpaired) electrons. The predicted molar refractivity (Wildman–Crippen MR) is 75.3 cm³/mol. The number of rotatable bonds is 5. The fraction of sp³-hybridized carbons (Fsp3) is 0.692. The number of nitrogens with zero attached hydrogens (tertiary/aromatic N) is 4. The highest BCUT2D eigenvalue weighted by Crippen LogP contribution is 2.19. The van der Waals surface area contributed by atoms with Gasteiger partial charge in [0, 0.05) is 39.3 Å². The van der Waals surface area contributed by atoms with Crippen molar-refractivity contribution in [2.24, 2.45) is 0 Å². The minimum absolute atomic E-state index is 0.546. The molecule has 0 aromatic carbocycles. The van der Waals surface area contributed by atoms with Crippen LogP contribution in [0.3, 0.4) is 0 Å². The lowest BCUT2D eigenvalue weighted by molar-refractivity contribution is 0.676. The van der Waals surface area contributed by atoms with Crippen LogP contribution in [-0.4, -0.2) is 49.7 Å². The van der Waals surface area contributed by atoms with E-state index in [1.807, 2.05) is 0 Å². The Bertz CT molecular complexity index is 375. The van der Waals surface area contributed by atoms with Crippen molar-refractivity contribution in [1.82, 2.24) is 15.3 Å². The second kappa shape index (κ2) is 6.00. The van der Waals surface area contributed by atoms with Gasteiger partial charge in [-0.25, -0.2) is 9.97 Å². The zero-order chi connectivity index (χ0) is 13.0.